The van der Waals surface area contributed by atoms with E-state index in [0.29, 0.717) is 11.8 Å². The van der Waals surface area contributed by atoms with Crippen LogP contribution in [-0.4, -0.2) is 5.26 Å². The molecule has 0 saturated carbocycles. The van der Waals surface area contributed by atoms with Gasteiger partial charge >= 0.3 is 0 Å². The van der Waals surface area contributed by atoms with Gasteiger partial charge in [0.05, 0.1) is 12.0 Å². The molecular weight excluding hydrogens is 224 g/mol. The van der Waals surface area contributed by atoms with Gasteiger partial charge in [-0.1, -0.05) is 50.9 Å². The SMILES string of the molecule is CC(C)c1cccc(C(C)C)c1SOOO. The molecule has 1 N–H and O–H groups in total. The Hall–Kier alpha value is -0.550. The van der Waals surface area contributed by atoms with Gasteiger partial charge in [0.2, 0.25) is 0 Å². The smallest absolute Gasteiger partial charge is 0.0720 e. The van der Waals surface area contributed by atoms with E-state index < -0.39 is 0 Å². The Morgan fingerprint density at radius 3 is 1.94 bits per heavy atom. The third-order valence-electron chi connectivity index (χ3n) is 2.47. The highest BCUT2D eigenvalue weighted by Crippen LogP contribution is 2.35. The van der Waals surface area contributed by atoms with E-state index in [2.05, 4.69) is 55.3 Å². The van der Waals surface area contributed by atoms with Crippen LogP contribution in [0.15, 0.2) is 23.1 Å². The highest BCUT2D eigenvalue weighted by Gasteiger charge is 2.15. The first kappa shape index (κ1) is 13.5. The Morgan fingerprint density at radius 2 is 1.56 bits per heavy atom. The topological polar surface area (TPSA) is 38.7 Å². The zero-order valence-corrected chi connectivity index (χ0v) is 10.9. The van der Waals surface area contributed by atoms with Crippen LogP contribution < -0.4 is 0 Å². The maximum absolute atomic E-state index is 8.24. The van der Waals surface area contributed by atoms with Crippen molar-refractivity contribution in [1.29, 1.82) is 0 Å². The third kappa shape index (κ3) is 3.22. The van der Waals surface area contributed by atoms with Crippen molar-refractivity contribution in [2.24, 2.45) is 0 Å². The molecule has 4 heteroatoms. The Bertz CT molecular complexity index is 311. The summed E-state index contributed by atoms with van der Waals surface area (Å²) in [6.45, 7) is 8.51. The van der Waals surface area contributed by atoms with E-state index in [0.717, 1.165) is 16.9 Å². The van der Waals surface area contributed by atoms with Crippen LogP contribution in [-0.2, 0) is 9.37 Å². The van der Waals surface area contributed by atoms with Crippen LogP contribution in [0.3, 0.4) is 0 Å². The summed E-state index contributed by atoms with van der Waals surface area (Å²) in [5, 5.41) is 11.9. The molecule has 16 heavy (non-hydrogen) atoms. The molecule has 0 aromatic heterocycles. The quantitative estimate of drug-likeness (QED) is 0.473. The van der Waals surface area contributed by atoms with Gasteiger partial charge in [-0.25, -0.2) is 5.26 Å². The summed E-state index contributed by atoms with van der Waals surface area (Å²) in [5.41, 5.74) is 2.40. The molecule has 0 fully saturated rings. The lowest BCUT2D eigenvalue weighted by atomic mass is 9.95. The number of benzene rings is 1. The Labute approximate surface area is 101 Å². The third-order valence-corrected chi connectivity index (χ3v) is 3.23. The fraction of sp³-hybridized carbons (Fsp3) is 0.500. The second-order valence-corrected chi connectivity index (χ2v) is 5.01. The van der Waals surface area contributed by atoms with Gasteiger partial charge in [0.25, 0.3) is 0 Å². The molecule has 0 radical (unpaired) electrons. The predicted molar refractivity (Wildman–Crippen MR) is 65.3 cm³/mol. The number of hydrogen-bond donors (Lipinski definition) is 1. The van der Waals surface area contributed by atoms with Crippen molar-refractivity contribution >= 4 is 12.0 Å². The average molecular weight is 242 g/mol. The van der Waals surface area contributed by atoms with Gasteiger partial charge in [0, 0.05) is 4.90 Å². The lowest BCUT2D eigenvalue weighted by molar-refractivity contribution is -0.432. The van der Waals surface area contributed by atoms with Crippen molar-refractivity contribution in [1.82, 2.24) is 0 Å². The molecule has 0 aliphatic rings. The molecular formula is C12H18O3S. The molecule has 0 spiro atoms. The maximum Gasteiger partial charge on any atom is 0.0720 e. The number of rotatable bonds is 5. The van der Waals surface area contributed by atoms with E-state index in [1.807, 2.05) is 0 Å². The zero-order valence-electron chi connectivity index (χ0n) is 10.1. The Morgan fingerprint density at radius 1 is 1.06 bits per heavy atom. The lowest BCUT2D eigenvalue weighted by Crippen LogP contribution is -1.98. The molecule has 0 amide bonds. The summed E-state index contributed by atoms with van der Waals surface area (Å²) in [5.74, 6) is 0.812. The molecule has 0 unspecified atom stereocenters. The summed E-state index contributed by atoms with van der Waals surface area (Å²) >= 11 is 1.06. The highest BCUT2D eigenvalue weighted by atomic mass is 32.2. The van der Waals surface area contributed by atoms with Crippen LogP contribution in [0.25, 0.3) is 0 Å². The van der Waals surface area contributed by atoms with Gasteiger partial charge in [-0.2, -0.15) is 0 Å². The van der Waals surface area contributed by atoms with Crippen molar-refractivity contribution in [2.75, 3.05) is 0 Å². The van der Waals surface area contributed by atoms with E-state index in [1.165, 1.54) is 11.1 Å². The molecule has 0 heterocycles. The van der Waals surface area contributed by atoms with E-state index in [-0.39, 0.29) is 0 Å². The highest BCUT2D eigenvalue weighted by molar-refractivity contribution is 7.94. The lowest BCUT2D eigenvalue weighted by Gasteiger charge is -2.17. The van der Waals surface area contributed by atoms with E-state index in [1.54, 1.807) is 0 Å². The Kier molecular flexibility index (Phi) is 5.28. The first-order valence-electron chi connectivity index (χ1n) is 5.35. The van der Waals surface area contributed by atoms with Gasteiger partial charge in [-0.15, -0.1) is 4.33 Å². The molecule has 3 nitrogen and oxygen atoms in total. The van der Waals surface area contributed by atoms with Crippen molar-refractivity contribution in [2.45, 2.75) is 44.4 Å². The molecule has 0 aliphatic heterocycles. The van der Waals surface area contributed by atoms with Crippen LogP contribution in [0.4, 0.5) is 0 Å². The minimum atomic E-state index is 0.406. The van der Waals surface area contributed by atoms with Gasteiger partial charge < -0.3 is 0 Å². The van der Waals surface area contributed by atoms with Crippen LogP contribution in [0.1, 0.15) is 50.7 Å². The fourth-order valence-electron chi connectivity index (χ4n) is 1.63. The second-order valence-electron chi connectivity index (χ2n) is 4.30. The van der Waals surface area contributed by atoms with Crippen LogP contribution in [0, 0.1) is 0 Å². The molecule has 1 aromatic rings. The van der Waals surface area contributed by atoms with Crippen LogP contribution >= 0.6 is 12.0 Å². The van der Waals surface area contributed by atoms with Crippen molar-refractivity contribution in [3.63, 3.8) is 0 Å². The van der Waals surface area contributed by atoms with E-state index in [9.17, 15) is 0 Å². The molecule has 1 rings (SSSR count). The first-order chi connectivity index (χ1) is 7.57. The first-order valence-corrected chi connectivity index (χ1v) is 6.09. The molecule has 0 saturated heterocycles. The Balaban J connectivity index is 3.12. The van der Waals surface area contributed by atoms with Crippen LogP contribution in [0.2, 0.25) is 0 Å². The van der Waals surface area contributed by atoms with Gasteiger partial charge in [0.15, 0.2) is 0 Å². The summed E-state index contributed by atoms with van der Waals surface area (Å²) in [6.07, 6.45) is 0. The minimum absolute atomic E-state index is 0.406. The summed E-state index contributed by atoms with van der Waals surface area (Å²) in [6, 6.07) is 6.19. The van der Waals surface area contributed by atoms with Crippen molar-refractivity contribution < 1.29 is 14.6 Å². The predicted octanol–water partition coefficient (Wildman–Crippen LogP) is 4.36. The van der Waals surface area contributed by atoms with Gasteiger partial charge in [-0.05, 0) is 23.0 Å². The molecule has 0 bridgehead atoms. The second kappa shape index (κ2) is 6.25. The summed E-state index contributed by atoms with van der Waals surface area (Å²) in [7, 11) is 0. The van der Waals surface area contributed by atoms with E-state index >= 15 is 0 Å². The monoisotopic (exact) mass is 242 g/mol. The summed E-state index contributed by atoms with van der Waals surface area (Å²) in [4.78, 5) is 1.03. The van der Waals surface area contributed by atoms with Crippen molar-refractivity contribution in [3.05, 3.63) is 29.3 Å². The fourth-order valence-corrected chi connectivity index (χ4v) is 2.53. The summed E-state index contributed by atoms with van der Waals surface area (Å²) < 4.78 is 4.57. The van der Waals surface area contributed by atoms with Crippen LogP contribution in [0.5, 0.6) is 0 Å². The standard InChI is InChI=1S/C12H18O3S/c1-8(2)10-6-5-7-11(9(3)4)12(10)16-15-14-13/h5-9,13H,1-4H3. The maximum atomic E-state index is 8.24. The molecule has 1 aromatic carbocycles. The van der Waals surface area contributed by atoms with Gasteiger partial charge in [0.1, 0.15) is 0 Å². The average Bonchev–Trinajstić information content (AvgIpc) is 2.25. The van der Waals surface area contributed by atoms with E-state index in [4.69, 9.17) is 5.26 Å². The zero-order chi connectivity index (χ0) is 12.1. The molecule has 0 atom stereocenters. The van der Waals surface area contributed by atoms with Gasteiger partial charge in [-0.3, -0.25) is 0 Å². The minimum Gasteiger partial charge on any atom is -0.220 e. The largest absolute Gasteiger partial charge is 0.220 e. The number of hydrogen-bond acceptors (Lipinski definition) is 4. The molecule has 90 valence electrons. The molecule has 0 aliphatic carbocycles. The van der Waals surface area contributed by atoms with Crippen molar-refractivity contribution in [3.8, 4) is 0 Å². The normalized spacial score (nSPS) is 11.4.